The van der Waals surface area contributed by atoms with Gasteiger partial charge in [0.05, 0.1) is 0 Å². The van der Waals surface area contributed by atoms with E-state index >= 15 is 0 Å². The van der Waals surface area contributed by atoms with Gasteiger partial charge in [-0.05, 0) is 0 Å². The smallest absolute Gasteiger partial charge is 0 e. The Hall–Kier alpha value is 1.72. The summed E-state index contributed by atoms with van der Waals surface area (Å²) in [6, 6.07) is 0. The molecule has 0 spiro atoms. The van der Waals surface area contributed by atoms with Gasteiger partial charge in [0.25, 0.3) is 0 Å². The average Bonchev–Trinajstić information content (AvgIpc) is 0.811. The van der Waals surface area contributed by atoms with Crippen molar-refractivity contribution in [1.29, 1.82) is 0 Å². The van der Waals surface area contributed by atoms with Crippen molar-refractivity contribution >= 4 is 55.0 Å². The van der Waals surface area contributed by atoms with E-state index in [2.05, 4.69) is 0 Å². The predicted molar refractivity (Wildman–Crippen MR) is 19.2 cm³/mol. The van der Waals surface area contributed by atoms with Crippen LogP contribution in [0.15, 0.2) is 0 Å². The summed E-state index contributed by atoms with van der Waals surface area (Å²) in [5, 5.41) is 13.9. The number of carboxylic acid groups (broad SMARTS) is 2. The Bertz CT molecular complexity index is 33.8. The second kappa shape index (κ2) is 9.87. The molecule has 0 atom stereocenters. The average molecular weight is 293 g/mol. The normalized spacial score (nSPS) is 4.00. The first-order valence-corrected chi connectivity index (χ1v) is 0.651. The second-order valence-corrected chi connectivity index (χ2v) is 0.283. The zero-order chi connectivity index (χ0) is 3.58. The molecular formula is CH4BaO3Zr. The third-order valence-corrected chi connectivity index (χ3v) is 0. The summed E-state index contributed by atoms with van der Waals surface area (Å²) in [6.45, 7) is 0. The molecule has 0 aromatic rings. The Morgan fingerprint density at radius 2 is 1.33 bits per heavy atom. The first-order valence-electron chi connectivity index (χ1n) is 0.651. The topological polar surface area (TPSA) is 57.5 Å². The Kier molecular flexibility index (Phi) is 25.7. The third kappa shape index (κ3) is 43.0. The van der Waals surface area contributed by atoms with E-state index in [0.29, 0.717) is 0 Å². The fraction of sp³-hybridized carbons (Fsp3) is 0. The van der Waals surface area contributed by atoms with Crippen molar-refractivity contribution in [3.05, 3.63) is 0 Å². The quantitative estimate of drug-likeness (QED) is 0.581. The first-order chi connectivity index (χ1) is 1.73. The van der Waals surface area contributed by atoms with Gasteiger partial charge in [-0.1, -0.05) is 0 Å². The fourth-order valence-corrected chi connectivity index (χ4v) is 0. The van der Waals surface area contributed by atoms with Crippen molar-refractivity contribution in [2.75, 3.05) is 0 Å². The summed E-state index contributed by atoms with van der Waals surface area (Å²) in [5.41, 5.74) is 0. The van der Waals surface area contributed by atoms with Gasteiger partial charge in [-0.15, -0.1) is 0 Å². The molecule has 0 radical (unpaired) electrons. The number of rotatable bonds is 0. The van der Waals surface area contributed by atoms with E-state index in [1.807, 2.05) is 0 Å². The maximum absolute atomic E-state index is 8.56. The Labute approximate surface area is 94.3 Å². The molecule has 6 heavy (non-hydrogen) atoms. The van der Waals surface area contributed by atoms with Crippen LogP contribution in [0, 0.1) is 0 Å². The van der Waals surface area contributed by atoms with E-state index in [1.165, 1.54) is 0 Å². The molecule has 0 aromatic carbocycles. The van der Waals surface area contributed by atoms with Gasteiger partial charge in [0.1, 0.15) is 0 Å². The largest absolute Gasteiger partial charge is 0 e. The molecule has 3 nitrogen and oxygen atoms in total. The molecule has 0 aliphatic carbocycles. The number of hydrogen-bond donors (Lipinski definition) is 2. The first kappa shape index (κ1) is 15.6. The monoisotopic (exact) mass is 292 g/mol. The maximum atomic E-state index is 8.56. The van der Waals surface area contributed by atoms with Crippen molar-refractivity contribution in [1.82, 2.24) is 0 Å². The van der Waals surface area contributed by atoms with E-state index in [1.54, 1.807) is 0 Å². The van der Waals surface area contributed by atoms with Crippen molar-refractivity contribution in [3.8, 4) is 0 Å². The molecule has 5 heteroatoms. The number of hydrogen-bond acceptors (Lipinski definition) is 1. The summed E-state index contributed by atoms with van der Waals surface area (Å²) < 4.78 is 0. The fourth-order valence-electron chi connectivity index (χ4n) is 0. The molecule has 0 rings (SSSR count). The Balaban J connectivity index is -0.0000000450. The van der Waals surface area contributed by atoms with E-state index in [-0.39, 0.29) is 75.1 Å². The minimum Gasteiger partial charge on any atom is 0 e. The number of carbonyl (C=O) groups is 1. The molecule has 0 aromatic heterocycles. The van der Waals surface area contributed by atoms with E-state index in [0.717, 1.165) is 0 Å². The minimum absolute atomic E-state index is 0. The van der Waals surface area contributed by atoms with Crippen LogP contribution in [0.2, 0.25) is 0 Å². The van der Waals surface area contributed by atoms with Gasteiger partial charge in [-0.25, -0.2) is 4.79 Å². The summed E-state index contributed by atoms with van der Waals surface area (Å²) in [7, 11) is 0. The molecule has 2 N–H and O–H groups in total. The van der Waals surface area contributed by atoms with Crippen LogP contribution < -0.4 is 0 Å². The Morgan fingerprint density at radius 3 is 1.33 bits per heavy atom. The van der Waals surface area contributed by atoms with Gasteiger partial charge in [0, 0.05) is 26.2 Å². The SMILES string of the molecule is O=C(O)O.[BaH2].[Zr]. The van der Waals surface area contributed by atoms with Gasteiger partial charge in [0.2, 0.25) is 0 Å². The second-order valence-electron chi connectivity index (χ2n) is 0.283. The molecule has 32 valence electrons. The zero-order valence-electron chi connectivity index (χ0n) is 2.30. The van der Waals surface area contributed by atoms with Gasteiger partial charge in [-0.2, -0.15) is 0 Å². The molecule has 0 amide bonds. The third-order valence-electron chi connectivity index (χ3n) is 0. The van der Waals surface area contributed by atoms with Gasteiger partial charge in [0.15, 0.2) is 0 Å². The van der Waals surface area contributed by atoms with Crippen LogP contribution in [-0.4, -0.2) is 65.2 Å². The predicted octanol–water partition coefficient (Wildman–Crippen LogP) is -0.696. The molecular weight excluding hydrogens is 289 g/mol. The summed E-state index contributed by atoms with van der Waals surface area (Å²) in [6.07, 6.45) is -1.83. The summed E-state index contributed by atoms with van der Waals surface area (Å²) in [5.74, 6) is 0. The standard InChI is InChI=1S/CH2O3.Ba.Zr.2H/c2-1(3)4;;;;/h(H2,2,3,4);;;;. The van der Waals surface area contributed by atoms with Crippen LogP contribution in [0.5, 0.6) is 0 Å². The van der Waals surface area contributed by atoms with E-state index < -0.39 is 6.16 Å². The summed E-state index contributed by atoms with van der Waals surface area (Å²) in [4.78, 5) is 8.56. The molecule has 0 fully saturated rings. The summed E-state index contributed by atoms with van der Waals surface area (Å²) >= 11 is 0. The van der Waals surface area contributed by atoms with Crippen LogP contribution in [0.25, 0.3) is 0 Å². The van der Waals surface area contributed by atoms with Crippen LogP contribution in [0.3, 0.4) is 0 Å². The molecule has 0 saturated carbocycles. The molecule has 0 bridgehead atoms. The molecule has 0 unspecified atom stereocenters. The van der Waals surface area contributed by atoms with Crippen LogP contribution in [-0.2, 0) is 26.2 Å². The maximum Gasteiger partial charge on any atom is 0 e. The molecule has 0 aliphatic heterocycles. The van der Waals surface area contributed by atoms with Crippen LogP contribution >= 0.6 is 0 Å². The van der Waals surface area contributed by atoms with Gasteiger partial charge >= 0.3 is 55.0 Å². The zero-order valence-corrected chi connectivity index (χ0v) is 4.76. The van der Waals surface area contributed by atoms with Crippen LogP contribution in [0.4, 0.5) is 4.79 Å². The van der Waals surface area contributed by atoms with Crippen LogP contribution in [0.1, 0.15) is 0 Å². The van der Waals surface area contributed by atoms with E-state index in [4.69, 9.17) is 15.0 Å². The molecule has 0 aliphatic rings. The van der Waals surface area contributed by atoms with E-state index in [9.17, 15) is 0 Å². The van der Waals surface area contributed by atoms with Gasteiger partial charge < -0.3 is 10.2 Å². The van der Waals surface area contributed by atoms with Crippen molar-refractivity contribution < 1.29 is 41.2 Å². The minimum atomic E-state index is -1.83. The van der Waals surface area contributed by atoms with Crippen molar-refractivity contribution in [3.63, 3.8) is 0 Å². The van der Waals surface area contributed by atoms with Crippen molar-refractivity contribution in [2.45, 2.75) is 0 Å². The Morgan fingerprint density at radius 1 is 1.33 bits per heavy atom. The molecule has 0 heterocycles. The van der Waals surface area contributed by atoms with Gasteiger partial charge in [-0.3, -0.25) is 0 Å². The van der Waals surface area contributed by atoms with Crippen molar-refractivity contribution in [2.24, 2.45) is 0 Å². The molecule has 0 saturated heterocycles.